The third-order valence-electron chi connectivity index (χ3n) is 3.88. The SMILES string of the molecule is CCNC(=NCC(O)(CC)CC)NCC(C)c1ccsc1. The van der Waals surface area contributed by atoms with E-state index in [1.165, 1.54) is 5.56 Å². The fourth-order valence-electron chi connectivity index (χ4n) is 1.96. The molecule has 0 aliphatic rings. The highest BCUT2D eigenvalue weighted by atomic mass is 32.1. The second-order valence-electron chi connectivity index (χ2n) is 5.47. The van der Waals surface area contributed by atoms with Crippen LogP contribution < -0.4 is 10.6 Å². The number of hydrogen-bond acceptors (Lipinski definition) is 3. The van der Waals surface area contributed by atoms with E-state index in [4.69, 9.17) is 0 Å². The standard InChI is InChI=1S/C16H29N3OS/c1-5-16(20,6-2)12-19-15(17-7-3)18-10-13(4)14-8-9-21-11-14/h8-9,11,13,20H,5-7,10,12H2,1-4H3,(H2,17,18,19). The molecule has 0 aliphatic heterocycles. The van der Waals surface area contributed by atoms with Crippen LogP contribution in [0.25, 0.3) is 0 Å². The Hall–Kier alpha value is -1.07. The molecule has 0 saturated carbocycles. The van der Waals surface area contributed by atoms with Gasteiger partial charge in [0.1, 0.15) is 0 Å². The number of nitrogens with zero attached hydrogens (tertiary/aromatic N) is 1. The molecule has 1 aromatic heterocycles. The Balaban J connectivity index is 2.56. The van der Waals surface area contributed by atoms with E-state index in [1.54, 1.807) is 11.3 Å². The van der Waals surface area contributed by atoms with Crippen LogP contribution in [0, 0.1) is 0 Å². The topological polar surface area (TPSA) is 56.7 Å². The zero-order chi connectivity index (χ0) is 15.7. The number of aliphatic imine (C=N–C) groups is 1. The molecule has 5 heteroatoms. The largest absolute Gasteiger partial charge is 0.388 e. The summed E-state index contributed by atoms with van der Waals surface area (Å²) < 4.78 is 0. The van der Waals surface area contributed by atoms with Crippen molar-refractivity contribution in [2.24, 2.45) is 4.99 Å². The molecular formula is C16H29N3OS. The lowest BCUT2D eigenvalue weighted by Gasteiger charge is -2.23. The van der Waals surface area contributed by atoms with Crippen molar-refractivity contribution in [1.29, 1.82) is 0 Å². The highest BCUT2D eigenvalue weighted by Crippen LogP contribution is 2.17. The Bertz CT molecular complexity index is 413. The molecule has 0 saturated heterocycles. The summed E-state index contributed by atoms with van der Waals surface area (Å²) in [5, 5.41) is 21.2. The van der Waals surface area contributed by atoms with Crippen molar-refractivity contribution in [2.45, 2.75) is 52.1 Å². The molecule has 0 amide bonds. The van der Waals surface area contributed by atoms with Gasteiger partial charge >= 0.3 is 0 Å². The van der Waals surface area contributed by atoms with Gasteiger partial charge in [-0.1, -0.05) is 20.8 Å². The van der Waals surface area contributed by atoms with E-state index in [1.807, 2.05) is 20.8 Å². The molecule has 0 fully saturated rings. The van der Waals surface area contributed by atoms with E-state index in [2.05, 4.69) is 39.4 Å². The molecule has 1 aromatic rings. The Morgan fingerprint density at radius 2 is 2.05 bits per heavy atom. The fourth-order valence-corrected chi connectivity index (χ4v) is 2.75. The molecule has 4 nitrogen and oxygen atoms in total. The van der Waals surface area contributed by atoms with E-state index in [0.29, 0.717) is 12.5 Å². The average Bonchev–Trinajstić information content (AvgIpc) is 3.03. The van der Waals surface area contributed by atoms with Crippen molar-refractivity contribution < 1.29 is 5.11 Å². The van der Waals surface area contributed by atoms with Crippen LogP contribution in [0.3, 0.4) is 0 Å². The van der Waals surface area contributed by atoms with Crippen molar-refractivity contribution in [2.75, 3.05) is 19.6 Å². The number of thiophene rings is 1. The highest BCUT2D eigenvalue weighted by molar-refractivity contribution is 7.07. The van der Waals surface area contributed by atoms with Gasteiger partial charge in [-0.2, -0.15) is 11.3 Å². The maximum atomic E-state index is 10.3. The minimum Gasteiger partial charge on any atom is -0.388 e. The summed E-state index contributed by atoms with van der Waals surface area (Å²) in [6.45, 7) is 10.3. The number of rotatable bonds is 8. The van der Waals surface area contributed by atoms with E-state index in [9.17, 15) is 5.11 Å². The molecular weight excluding hydrogens is 282 g/mol. The monoisotopic (exact) mass is 311 g/mol. The molecule has 120 valence electrons. The van der Waals surface area contributed by atoms with Crippen LogP contribution in [-0.4, -0.2) is 36.3 Å². The minimum absolute atomic E-state index is 0.433. The van der Waals surface area contributed by atoms with Gasteiger partial charge < -0.3 is 15.7 Å². The molecule has 1 unspecified atom stereocenters. The molecule has 21 heavy (non-hydrogen) atoms. The third kappa shape index (κ3) is 6.06. The van der Waals surface area contributed by atoms with E-state index >= 15 is 0 Å². The Kier molecular flexibility index (Phi) is 7.75. The minimum atomic E-state index is -0.693. The Morgan fingerprint density at radius 3 is 2.57 bits per heavy atom. The van der Waals surface area contributed by atoms with Crippen LogP contribution in [0.1, 0.15) is 52.0 Å². The summed E-state index contributed by atoms with van der Waals surface area (Å²) in [6, 6.07) is 2.16. The second-order valence-corrected chi connectivity index (χ2v) is 6.25. The number of nitrogens with one attached hydrogen (secondary N) is 2. The smallest absolute Gasteiger partial charge is 0.191 e. The predicted molar refractivity (Wildman–Crippen MR) is 92.2 cm³/mol. The van der Waals surface area contributed by atoms with Crippen LogP contribution in [0.15, 0.2) is 21.8 Å². The Labute approximate surface area is 132 Å². The van der Waals surface area contributed by atoms with Crippen molar-refractivity contribution in [3.63, 3.8) is 0 Å². The van der Waals surface area contributed by atoms with Crippen molar-refractivity contribution in [3.8, 4) is 0 Å². The summed E-state index contributed by atoms with van der Waals surface area (Å²) in [6.07, 6.45) is 1.44. The van der Waals surface area contributed by atoms with Crippen molar-refractivity contribution in [1.82, 2.24) is 10.6 Å². The molecule has 1 heterocycles. The first-order valence-electron chi connectivity index (χ1n) is 7.81. The van der Waals surface area contributed by atoms with Crippen LogP contribution >= 0.6 is 11.3 Å². The summed E-state index contributed by atoms with van der Waals surface area (Å²) >= 11 is 1.73. The predicted octanol–water partition coefficient (Wildman–Crippen LogP) is 2.96. The van der Waals surface area contributed by atoms with Gasteiger partial charge in [0, 0.05) is 13.1 Å². The van der Waals surface area contributed by atoms with Gasteiger partial charge in [-0.3, -0.25) is 4.99 Å². The maximum absolute atomic E-state index is 10.3. The van der Waals surface area contributed by atoms with E-state index in [0.717, 1.165) is 31.9 Å². The van der Waals surface area contributed by atoms with Gasteiger partial charge in [-0.25, -0.2) is 0 Å². The molecule has 1 rings (SSSR count). The van der Waals surface area contributed by atoms with E-state index < -0.39 is 5.60 Å². The quantitative estimate of drug-likeness (QED) is 0.511. The number of hydrogen-bond donors (Lipinski definition) is 3. The molecule has 0 bridgehead atoms. The van der Waals surface area contributed by atoms with Crippen LogP contribution in [0.4, 0.5) is 0 Å². The molecule has 0 spiro atoms. The van der Waals surface area contributed by atoms with Gasteiger partial charge in [0.15, 0.2) is 5.96 Å². The molecule has 0 aliphatic carbocycles. The van der Waals surface area contributed by atoms with Gasteiger partial charge in [0.25, 0.3) is 0 Å². The second kappa shape index (κ2) is 9.05. The zero-order valence-electron chi connectivity index (χ0n) is 13.6. The summed E-state index contributed by atoms with van der Waals surface area (Å²) in [5.74, 6) is 1.22. The lowest BCUT2D eigenvalue weighted by Crippen LogP contribution is -2.41. The normalized spacial score (nSPS) is 14.0. The molecule has 1 atom stereocenters. The first-order chi connectivity index (χ1) is 10.0. The summed E-state index contributed by atoms with van der Waals surface area (Å²) in [5.41, 5.74) is 0.656. The third-order valence-corrected chi connectivity index (χ3v) is 4.58. The summed E-state index contributed by atoms with van der Waals surface area (Å²) in [4.78, 5) is 4.53. The number of guanidine groups is 1. The lowest BCUT2D eigenvalue weighted by molar-refractivity contribution is 0.0418. The fraction of sp³-hybridized carbons (Fsp3) is 0.688. The number of aliphatic hydroxyl groups is 1. The molecule has 0 aromatic carbocycles. The summed E-state index contributed by atoms with van der Waals surface area (Å²) in [7, 11) is 0. The zero-order valence-corrected chi connectivity index (χ0v) is 14.5. The van der Waals surface area contributed by atoms with Gasteiger partial charge in [-0.15, -0.1) is 0 Å². The van der Waals surface area contributed by atoms with Gasteiger partial charge in [0.05, 0.1) is 12.1 Å². The van der Waals surface area contributed by atoms with Gasteiger partial charge in [0.2, 0.25) is 0 Å². The first kappa shape index (κ1) is 18.0. The molecule has 3 N–H and O–H groups in total. The van der Waals surface area contributed by atoms with Crippen LogP contribution in [0.2, 0.25) is 0 Å². The highest BCUT2D eigenvalue weighted by Gasteiger charge is 2.21. The van der Waals surface area contributed by atoms with Crippen molar-refractivity contribution >= 4 is 17.3 Å². The lowest BCUT2D eigenvalue weighted by atomic mass is 9.98. The van der Waals surface area contributed by atoms with E-state index in [-0.39, 0.29) is 0 Å². The Morgan fingerprint density at radius 1 is 1.33 bits per heavy atom. The first-order valence-corrected chi connectivity index (χ1v) is 8.75. The van der Waals surface area contributed by atoms with Crippen LogP contribution in [0.5, 0.6) is 0 Å². The van der Waals surface area contributed by atoms with Crippen LogP contribution in [-0.2, 0) is 0 Å². The average molecular weight is 311 g/mol. The molecule has 0 radical (unpaired) electrons. The maximum Gasteiger partial charge on any atom is 0.191 e. The van der Waals surface area contributed by atoms with Gasteiger partial charge in [-0.05, 0) is 48.1 Å². The van der Waals surface area contributed by atoms with Crippen molar-refractivity contribution in [3.05, 3.63) is 22.4 Å².